The maximum Gasteiger partial charge on any atom is 0.286 e. The molecule has 1 fully saturated rings. The third-order valence-corrected chi connectivity index (χ3v) is 4.91. The molecule has 116 valence electrons. The number of hydrogen-bond donors (Lipinski definition) is 1. The molecule has 2 aliphatic rings. The number of benzene rings is 1. The summed E-state index contributed by atoms with van der Waals surface area (Å²) in [6.45, 7) is 7.07. The Labute approximate surface area is 134 Å². The summed E-state index contributed by atoms with van der Waals surface area (Å²) < 4.78 is 0. The lowest BCUT2D eigenvalue weighted by Gasteiger charge is -2.34. The molecule has 2 heterocycles. The van der Waals surface area contributed by atoms with Gasteiger partial charge in [0.15, 0.2) is 5.17 Å². The number of phenolic OH excluding ortho intramolecular Hbond substituents is 1. The molecule has 1 aromatic carbocycles. The van der Waals surface area contributed by atoms with E-state index < -0.39 is 0 Å². The van der Waals surface area contributed by atoms with Crippen molar-refractivity contribution in [3.8, 4) is 5.75 Å². The monoisotopic (exact) mass is 317 g/mol. The van der Waals surface area contributed by atoms with Gasteiger partial charge >= 0.3 is 0 Å². The van der Waals surface area contributed by atoms with E-state index in [1.165, 1.54) is 11.8 Å². The fourth-order valence-electron chi connectivity index (χ4n) is 2.55. The molecule has 2 aliphatic heterocycles. The molecule has 0 unspecified atom stereocenters. The van der Waals surface area contributed by atoms with Gasteiger partial charge in [-0.2, -0.15) is 4.99 Å². The number of hydrogen-bond acceptors (Lipinski definition) is 5. The molecule has 1 amide bonds. The van der Waals surface area contributed by atoms with Crippen LogP contribution < -0.4 is 0 Å². The van der Waals surface area contributed by atoms with E-state index in [1.54, 1.807) is 24.3 Å². The van der Waals surface area contributed by atoms with Crippen molar-refractivity contribution in [3.63, 3.8) is 0 Å². The lowest BCUT2D eigenvalue weighted by Crippen LogP contribution is -2.47. The van der Waals surface area contributed by atoms with Crippen molar-refractivity contribution in [3.05, 3.63) is 34.7 Å². The fourth-order valence-corrected chi connectivity index (χ4v) is 3.52. The van der Waals surface area contributed by atoms with E-state index in [2.05, 4.69) is 21.7 Å². The standard InChI is InChI=1S/C16H19N3O2S/c1-2-18-6-8-19(9-7-18)16-17-15(21)14(22-16)11-12-4-3-5-13(20)10-12/h3-5,10-11,20H,2,6-9H2,1H3/b14-11+. The Balaban J connectivity index is 1.69. The fraction of sp³-hybridized carbons (Fsp3) is 0.375. The van der Waals surface area contributed by atoms with Crippen molar-refractivity contribution in [2.24, 2.45) is 4.99 Å². The summed E-state index contributed by atoms with van der Waals surface area (Å²) in [7, 11) is 0. The van der Waals surface area contributed by atoms with Crippen molar-refractivity contribution in [2.75, 3.05) is 32.7 Å². The smallest absolute Gasteiger partial charge is 0.286 e. The van der Waals surface area contributed by atoms with E-state index in [9.17, 15) is 9.90 Å². The average Bonchev–Trinajstić information content (AvgIpc) is 2.88. The minimum absolute atomic E-state index is 0.193. The first kappa shape index (κ1) is 15.1. The van der Waals surface area contributed by atoms with Gasteiger partial charge in [0.25, 0.3) is 5.91 Å². The van der Waals surface area contributed by atoms with Crippen LogP contribution in [-0.2, 0) is 4.79 Å². The van der Waals surface area contributed by atoms with Crippen LogP contribution in [0.4, 0.5) is 0 Å². The first-order chi connectivity index (χ1) is 10.7. The Bertz CT molecular complexity index is 634. The molecule has 0 spiro atoms. The van der Waals surface area contributed by atoms with Gasteiger partial charge in [0, 0.05) is 26.2 Å². The summed E-state index contributed by atoms with van der Waals surface area (Å²) in [5.74, 6) is 0.00268. The minimum atomic E-state index is -0.193. The molecule has 0 saturated carbocycles. The highest BCUT2D eigenvalue weighted by Crippen LogP contribution is 2.31. The molecule has 6 heteroatoms. The van der Waals surface area contributed by atoms with Gasteiger partial charge in [-0.3, -0.25) is 4.79 Å². The summed E-state index contributed by atoms with van der Waals surface area (Å²) >= 11 is 1.42. The second-order valence-electron chi connectivity index (χ2n) is 5.33. The zero-order valence-electron chi connectivity index (χ0n) is 12.5. The number of amides is 1. The number of nitrogens with zero attached hydrogens (tertiary/aromatic N) is 3. The summed E-state index contributed by atoms with van der Waals surface area (Å²) in [6, 6.07) is 6.87. The Kier molecular flexibility index (Phi) is 4.49. The third-order valence-electron chi connectivity index (χ3n) is 3.87. The van der Waals surface area contributed by atoms with E-state index in [4.69, 9.17) is 0 Å². The van der Waals surface area contributed by atoms with Gasteiger partial charge in [0.1, 0.15) is 5.75 Å². The van der Waals surface area contributed by atoms with Crippen molar-refractivity contribution in [1.29, 1.82) is 0 Å². The Morgan fingerprint density at radius 1 is 1.32 bits per heavy atom. The molecular formula is C16H19N3O2S. The van der Waals surface area contributed by atoms with Gasteiger partial charge in [-0.1, -0.05) is 19.1 Å². The number of likely N-dealkylation sites (N-methyl/N-ethyl adjacent to an activating group) is 1. The molecule has 22 heavy (non-hydrogen) atoms. The summed E-state index contributed by atoms with van der Waals surface area (Å²) in [6.07, 6.45) is 1.78. The molecule has 0 radical (unpaired) electrons. The van der Waals surface area contributed by atoms with Crippen LogP contribution in [0.25, 0.3) is 6.08 Å². The van der Waals surface area contributed by atoms with Crippen LogP contribution in [0.5, 0.6) is 5.75 Å². The Hall–Kier alpha value is -1.79. The quantitative estimate of drug-likeness (QED) is 0.846. The largest absolute Gasteiger partial charge is 0.508 e. The lowest BCUT2D eigenvalue weighted by atomic mass is 10.2. The highest BCUT2D eigenvalue weighted by atomic mass is 32.2. The number of carbonyl (C=O) groups is 1. The molecule has 0 atom stereocenters. The molecule has 1 saturated heterocycles. The lowest BCUT2D eigenvalue weighted by molar-refractivity contribution is -0.113. The zero-order valence-corrected chi connectivity index (χ0v) is 13.3. The summed E-state index contributed by atoms with van der Waals surface area (Å²) in [4.78, 5) is 21.4. The van der Waals surface area contributed by atoms with Gasteiger partial charge in [0.05, 0.1) is 4.91 Å². The van der Waals surface area contributed by atoms with Crippen molar-refractivity contribution < 1.29 is 9.90 Å². The molecule has 0 aliphatic carbocycles. The van der Waals surface area contributed by atoms with Gasteiger partial charge < -0.3 is 14.9 Å². The van der Waals surface area contributed by atoms with Crippen LogP contribution in [0.1, 0.15) is 12.5 Å². The molecule has 1 N–H and O–H groups in total. The van der Waals surface area contributed by atoms with Crippen molar-refractivity contribution in [2.45, 2.75) is 6.92 Å². The minimum Gasteiger partial charge on any atom is -0.508 e. The summed E-state index contributed by atoms with van der Waals surface area (Å²) in [5, 5.41) is 10.3. The number of thioether (sulfide) groups is 1. The summed E-state index contributed by atoms with van der Waals surface area (Å²) in [5.41, 5.74) is 0.808. The molecule has 5 nitrogen and oxygen atoms in total. The molecule has 0 aromatic heterocycles. The van der Waals surface area contributed by atoms with Crippen LogP contribution in [0.3, 0.4) is 0 Å². The molecule has 1 aromatic rings. The third kappa shape index (κ3) is 3.34. The topological polar surface area (TPSA) is 56.1 Å². The maximum atomic E-state index is 12.1. The number of piperazine rings is 1. The van der Waals surface area contributed by atoms with Crippen LogP contribution in [0.2, 0.25) is 0 Å². The number of aromatic hydroxyl groups is 1. The first-order valence-corrected chi connectivity index (χ1v) is 8.26. The van der Waals surface area contributed by atoms with Crippen molar-refractivity contribution >= 4 is 28.9 Å². The van der Waals surface area contributed by atoms with Gasteiger partial charge in [-0.15, -0.1) is 0 Å². The number of phenols is 1. The first-order valence-electron chi connectivity index (χ1n) is 7.44. The SMILES string of the molecule is CCN1CCN(C2=NC(=O)/C(=C\c3cccc(O)c3)S2)CC1. The second-order valence-corrected chi connectivity index (χ2v) is 6.34. The van der Waals surface area contributed by atoms with Gasteiger partial charge in [0.2, 0.25) is 0 Å². The Morgan fingerprint density at radius 3 is 2.77 bits per heavy atom. The van der Waals surface area contributed by atoms with Crippen LogP contribution in [-0.4, -0.2) is 58.7 Å². The van der Waals surface area contributed by atoms with Crippen molar-refractivity contribution in [1.82, 2.24) is 9.80 Å². The van der Waals surface area contributed by atoms with Crippen LogP contribution >= 0.6 is 11.8 Å². The number of rotatable bonds is 2. The Morgan fingerprint density at radius 2 is 2.09 bits per heavy atom. The van der Waals surface area contributed by atoms with E-state index >= 15 is 0 Å². The second kappa shape index (κ2) is 6.54. The van der Waals surface area contributed by atoms with Gasteiger partial charge in [-0.25, -0.2) is 0 Å². The predicted molar refractivity (Wildman–Crippen MR) is 89.8 cm³/mol. The number of carbonyl (C=O) groups excluding carboxylic acids is 1. The van der Waals surface area contributed by atoms with Crippen LogP contribution in [0, 0.1) is 0 Å². The van der Waals surface area contributed by atoms with E-state index in [0.29, 0.717) is 4.91 Å². The van der Waals surface area contributed by atoms with Crippen LogP contribution in [0.15, 0.2) is 34.2 Å². The molecule has 3 rings (SSSR count). The zero-order chi connectivity index (χ0) is 15.5. The average molecular weight is 317 g/mol. The maximum absolute atomic E-state index is 12.1. The molecule has 0 bridgehead atoms. The predicted octanol–water partition coefficient (Wildman–Crippen LogP) is 2.00. The normalized spacial score (nSPS) is 21.5. The van der Waals surface area contributed by atoms with E-state index in [-0.39, 0.29) is 11.7 Å². The van der Waals surface area contributed by atoms with Gasteiger partial charge in [-0.05, 0) is 42.1 Å². The highest BCUT2D eigenvalue weighted by Gasteiger charge is 2.28. The van der Waals surface area contributed by atoms with E-state index in [1.807, 2.05) is 6.07 Å². The number of amidine groups is 1. The molecular weight excluding hydrogens is 298 g/mol. The number of aliphatic imine (C=N–C) groups is 1. The van der Waals surface area contributed by atoms with E-state index in [0.717, 1.165) is 43.5 Å². The highest BCUT2D eigenvalue weighted by molar-refractivity contribution is 8.18.